The fraction of sp³-hybridized carbons (Fsp3) is 0.250. The van der Waals surface area contributed by atoms with Gasteiger partial charge in [-0.15, -0.1) is 0 Å². The smallest absolute Gasteiger partial charge is 0.224 e. The molecule has 1 aromatic carbocycles. The van der Waals surface area contributed by atoms with Crippen molar-refractivity contribution >= 4 is 29.1 Å². The SMILES string of the molecule is Fc1ccc(Nc2nc(NC3CCn4ncnc4C3)ncc2Cl)cc1. The second kappa shape index (κ2) is 6.64. The number of halogens is 2. The van der Waals surface area contributed by atoms with Crippen molar-refractivity contribution in [3.8, 4) is 0 Å². The van der Waals surface area contributed by atoms with Gasteiger partial charge in [0.25, 0.3) is 0 Å². The third-order valence-corrected chi connectivity index (χ3v) is 4.27. The first-order valence-corrected chi connectivity index (χ1v) is 8.23. The van der Waals surface area contributed by atoms with Gasteiger partial charge in [-0.3, -0.25) is 0 Å². The van der Waals surface area contributed by atoms with Crippen LogP contribution in [0.15, 0.2) is 36.8 Å². The van der Waals surface area contributed by atoms with E-state index in [1.54, 1.807) is 18.5 Å². The predicted octanol–water partition coefficient (Wildman–Crippen LogP) is 3.03. The minimum absolute atomic E-state index is 0.177. The molecular formula is C16H15ClFN7. The molecule has 2 N–H and O–H groups in total. The molecule has 3 heterocycles. The van der Waals surface area contributed by atoms with Gasteiger partial charge in [0, 0.05) is 24.7 Å². The van der Waals surface area contributed by atoms with Crippen LogP contribution in [0.4, 0.5) is 21.8 Å². The molecule has 0 spiro atoms. The third-order valence-electron chi connectivity index (χ3n) is 4.00. The van der Waals surface area contributed by atoms with Crippen molar-refractivity contribution < 1.29 is 4.39 Å². The molecule has 3 aromatic rings. The van der Waals surface area contributed by atoms with Gasteiger partial charge >= 0.3 is 0 Å². The molecule has 0 fully saturated rings. The third kappa shape index (κ3) is 3.53. The summed E-state index contributed by atoms with van der Waals surface area (Å²) in [6.07, 6.45) is 4.77. The molecule has 0 bridgehead atoms. The van der Waals surface area contributed by atoms with E-state index >= 15 is 0 Å². The summed E-state index contributed by atoms with van der Waals surface area (Å²) >= 11 is 6.16. The van der Waals surface area contributed by atoms with E-state index in [0.29, 0.717) is 22.5 Å². The summed E-state index contributed by atoms with van der Waals surface area (Å²) in [5.74, 6) is 1.59. The molecule has 25 heavy (non-hydrogen) atoms. The lowest BCUT2D eigenvalue weighted by Gasteiger charge is -2.23. The number of anilines is 3. The van der Waals surface area contributed by atoms with Gasteiger partial charge in [-0.2, -0.15) is 10.1 Å². The van der Waals surface area contributed by atoms with Crippen molar-refractivity contribution in [1.29, 1.82) is 0 Å². The summed E-state index contributed by atoms with van der Waals surface area (Å²) in [7, 11) is 0. The normalized spacial score (nSPS) is 16.3. The van der Waals surface area contributed by atoms with Crippen molar-refractivity contribution in [3.05, 3.63) is 53.5 Å². The van der Waals surface area contributed by atoms with Crippen molar-refractivity contribution in [2.45, 2.75) is 25.4 Å². The van der Waals surface area contributed by atoms with Crippen molar-refractivity contribution in [2.24, 2.45) is 0 Å². The predicted molar refractivity (Wildman–Crippen MR) is 92.5 cm³/mol. The number of hydrogen-bond acceptors (Lipinski definition) is 6. The largest absolute Gasteiger partial charge is 0.351 e. The van der Waals surface area contributed by atoms with E-state index in [9.17, 15) is 4.39 Å². The standard InChI is InChI=1S/C16H15ClFN7/c17-13-8-19-16(23-12-5-6-25-14(7-12)20-9-21-25)24-15(13)22-11-3-1-10(18)2-4-11/h1-4,8-9,12H,5-7H2,(H2,19,22,23,24). The molecule has 4 rings (SSSR count). The van der Waals surface area contributed by atoms with Crippen molar-refractivity contribution in [1.82, 2.24) is 24.7 Å². The number of aryl methyl sites for hydroxylation is 1. The zero-order chi connectivity index (χ0) is 17.2. The molecule has 7 nitrogen and oxygen atoms in total. The zero-order valence-corrected chi connectivity index (χ0v) is 13.9. The van der Waals surface area contributed by atoms with E-state index in [2.05, 4.69) is 30.7 Å². The Hall–Kier alpha value is -2.74. The van der Waals surface area contributed by atoms with E-state index in [4.69, 9.17) is 11.6 Å². The number of aromatic nitrogens is 5. The molecule has 0 saturated heterocycles. The highest BCUT2D eigenvalue weighted by molar-refractivity contribution is 6.32. The van der Waals surface area contributed by atoms with E-state index in [0.717, 1.165) is 25.2 Å². The maximum absolute atomic E-state index is 13.0. The highest BCUT2D eigenvalue weighted by atomic mass is 35.5. The van der Waals surface area contributed by atoms with Crippen LogP contribution in [0.5, 0.6) is 0 Å². The Labute approximate surface area is 148 Å². The van der Waals surface area contributed by atoms with Gasteiger partial charge in [0.1, 0.15) is 23.0 Å². The molecule has 1 aliphatic rings. The van der Waals surface area contributed by atoms with Gasteiger partial charge in [0.15, 0.2) is 5.82 Å². The zero-order valence-electron chi connectivity index (χ0n) is 13.2. The summed E-state index contributed by atoms with van der Waals surface area (Å²) in [5, 5.41) is 10.9. The second-order valence-corrected chi connectivity index (χ2v) is 6.16. The Kier molecular flexibility index (Phi) is 4.19. The van der Waals surface area contributed by atoms with E-state index < -0.39 is 0 Å². The average molecular weight is 360 g/mol. The Morgan fingerprint density at radius 1 is 1.20 bits per heavy atom. The van der Waals surface area contributed by atoms with Crippen molar-refractivity contribution in [2.75, 3.05) is 10.6 Å². The summed E-state index contributed by atoms with van der Waals surface area (Å²) in [6, 6.07) is 6.16. The Morgan fingerprint density at radius 2 is 2.04 bits per heavy atom. The highest BCUT2D eigenvalue weighted by Crippen LogP contribution is 2.24. The molecular weight excluding hydrogens is 345 g/mol. The lowest BCUT2D eigenvalue weighted by molar-refractivity contribution is 0.448. The van der Waals surface area contributed by atoms with Crippen LogP contribution in [0.25, 0.3) is 0 Å². The molecule has 0 amide bonds. The molecule has 1 aliphatic heterocycles. The van der Waals surface area contributed by atoms with Crippen molar-refractivity contribution in [3.63, 3.8) is 0 Å². The van der Waals surface area contributed by atoms with Gasteiger partial charge in [-0.05, 0) is 30.7 Å². The highest BCUT2D eigenvalue weighted by Gasteiger charge is 2.21. The van der Waals surface area contributed by atoms with Crippen LogP contribution in [0.2, 0.25) is 5.02 Å². The maximum Gasteiger partial charge on any atom is 0.224 e. The summed E-state index contributed by atoms with van der Waals surface area (Å²) < 4.78 is 14.9. The topological polar surface area (TPSA) is 80.5 Å². The molecule has 0 aliphatic carbocycles. The molecule has 2 aromatic heterocycles. The first-order valence-electron chi connectivity index (χ1n) is 7.86. The number of benzene rings is 1. The van der Waals surface area contributed by atoms with Crippen LogP contribution in [-0.4, -0.2) is 30.8 Å². The number of nitrogens with zero attached hydrogens (tertiary/aromatic N) is 5. The minimum atomic E-state index is -0.299. The van der Waals surface area contributed by atoms with Gasteiger partial charge in [-0.1, -0.05) is 11.6 Å². The van der Waals surface area contributed by atoms with Crippen LogP contribution < -0.4 is 10.6 Å². The summed E-state index contributed by atoms with van der Waals surface area (Å²) in [4.78, 5) is 12.9. The average Bonchev–Trinajstić information content (AvgIpc) is 3.07. The van der Waals surface area contributed by atoms with E-state index in [1.165, 1.54) is 18.3 Å². The number of fused-ring (bicyclic) bond motifs is 1. The van der Waals surface area contributed by atoms with Crippen LogP contribution in [0.3, 0.4) is 0 Å². The quantitative estimate of drug-likeness (QED) is 0.745. The lowest BCUT2D eigenvalue weighted by Crippen LogP contribution is -2.31. The Morgan fingerprint density at radius 3 is 2.88 bits per heavy atom. The molecule has 1 unspecified atom stereocenters. The van der Waals surface area contributed by atoms with Gasteiger partial charge < -0.3 is 10.6 Å². The van der Waals surface area contributed by atoms with Crippen LogP contribution in [-0.2, 0) is 13.0 Å². The summed E-state index contributed by atoms with van der Waals surface area (Å²) in [5.41, 5.74) is 0.693. The van der Waals surface area contributed by atoms with Crippen LogP contribution >= 0.6 is 11.6 Å². The summed E-state index contributed by atoms with van der Waals surface area (Å²) in [6.45, 7) is 0.807. The first kappa shape index (κ1) is 15.8. The fourth-order valence-electron chi connectivity index (χ4n) is 2.73. The maximum atomic E-state index is 13.0. The monoisotopic (exact) mass is 359 g/mol. The van der Waals surface area contributed by atoms with Crippen LogP contribution in [0, 0.1) is 5.82 Å². The van der Waals surface area contributed by atoms with E-state index in [-0.39, 0.29) is 11.9 Å². The lowest BCUT2D eigenvalue weighted by atomic mass is 10.1. The Bertz CT molecular complexity index is 880. The minimum Gasteiger partial charge on any atom is -0.351 e. The second-order valence-electron chi connectivity index (χ2n) is 5.76. The first-order chi connectivity index (χ1) is 12.2. The molecule has 0 saturated carbocycles. The van der Waals surface area contributed by atoms with E-state index in [1.807, 2.05) is 4.68 Å². The van der Waals surface area contributed by atoms with Gasteiger partial charge in [0.05, 0.1) is 6.20 Å². The van der Waals surface area contributed by atoms with Gasteiger partial charge in [-0.25, -0.2) is 19.0 Å². The van der Waals surface area contributed by atoms with Crippen LogP contribution in [0.1, 0.15) is 12.2 Å². The molecule has 9 heteroatoms. The molecule has 0 radical (unpaired) electrons. The van der Waals surface area contributed by atoms with Gasteiger partial charge in [0.2, 0.25) is 5.95 Å². The number of nitrogens with one attached hydrogen (secondary N) is 2. The number of hydrogen-bond donors (Lipinski definition) is 2. The Balaban J connectivity index is 1.49. The fourth-order valence-corrected chi connectivity index (χ4v) is 2.87. The number of rotatable bonds is 4. The molecule has 128 valence electrons. The molecule has 1 atom stereocenters.